The van der Waals surface area contributed by atoms with Gasteiger partial charge in [0.05, 0.1) is 10.6 Å². The number of hydrogen-bond donors (Lipinski definition) is 0. The predicted molar refractivity (Wildman–Crippen MR) is 370 cm³/mol. The molecule has 6 heterocycles. The van der Waals surface area contributed by atoms with Crippen molar-refractivity contribution in [3.05, 3.63) is 291 Å². The number of nitrogens with zero attached hydrogens (tertiary/aromatic N) is 4. The molecule has 0 amide bonds. The Morgan fingerprint density at radius 3 is 1.38 bits per heavy atom. The van der Waals surface area contributed by atoms with Gasteiger partial charge in [0.2, 0.25) is 6.71 Å². The van der Waals surface area contributed by atoms with Crippen LogP contribution < -0.4 is 52.4 Å². The molecule has 4 aliphatic rings. The van der Waals surface area contributed by atoms with E-state index in [1.807, 2.05) is 23.5 Å². The summed E-state index contributed by atoms with van der Waals surface area (Å²) in [6.45, 7) is -0.202. The van der Waals surface area contributed by atoms with Crippen molar-refractivity contribution in [1.82, 2.24) is 0 Å². The van der Waals surface area contributed by atoms with Crippen LogP contribution in [0, 0.1) is 0 Å². The van der Waals surface area contributed by atoms with Crippen LogP contribution >= 0.6 is 23.5 Å². The third kappa shape index (κ3) is 7.43. The molecule has 10 heteroatoms. The van der Waals surface area contributed by atoms with Gasteiger partial charge in [0, 0.05) is 111 Å². The fraction of sp³-hybridized carbons (Fsp3) is 0. The van der Waals surface area contributed by atoms with Crippen molar-refractivity contribution in [3.63, 3.8) is 0 Å². The highest BCUT2D eigenvalue weighted by atomic mass is 32.2. The highest BCUT2D eigenvalue weighted by Crippen LogP contribution is 2.52. The monoisotopic (exact) mass is 1160 g/mol. The first-order valence-corrected chi connectivity index (χ1v) is 31.6. The summed E-state index contributed by atoms with van der Waals surface area (Å²) in [4.78, 5) is 14.6. The van der Waals surface area contributed by atoms with Crippen LogP contribution in [0.1, 0.15) is 0 Å². The van der Waals surface area contributed by atoms with E-state index in [2.05, 4.69) is 311 Å². The standard InChI is InChI=1S/C78H48B2N4O2S2/c1-7-23-49(24-8-1)81(50-25-9-2-10-26-50)55-39-41-57-59-45-67-73-75(76(59)85-68(57)43-55)84(54-33-17-6-18-34-54)65-37-21-19-35-61(65)79(73)63-47-64-71(48-66(63)83(67)53-31-15-5-16-32-53)87-72-46-60-58-42-40-56(82(51-27-11-3-12-28-51)52-29-13-4-14-30-52)44-69(58)86-77(60)78-74(72)80(64)62-36-20-22-38-70(62)88-78/h1-48H. The lowest BCUT2D eigenvalue weighted by molar-refractivity contribution is 0.661. The van der Waals surface area contributed by atoms with Crippen molar-refractivity contribution in [2.24, 2.45) is 0 Å². The molecule has 0 saturated carbocycles. The Morgan fingerprint density at radius 2 is 0.784 bits per heavy atom. The lowest BCUT2D eigenvalue weighted by Gasteiger charge is -2.45. The second kappa shape index (κ2) is 19.5. The summed E-state index contributed by atoms with van der Waals surface area (Å²) in [6, 6.07) is 106. The predicted octanol–water partition coefficient (Wildman–Crippen LogP) is 18.0. The van der Waals surface area contributed by atoms with E-state index in [0.29, 0.717) is 0 Å². The van der Waals surface area contributed by atoms with Crippen molar-refractivity contribution in [2.45, 2.75) is 19.6 Å². The largest absolute Gasteiger partial charge is 0.455 e. The van der Waals surface area contributed by atoms with Crippen LogP contribution in [0.3, 0.4) is 0 Å². The second-order valence-electron chi connectivity index (χ2n) is 23.1. The van der Waals surface area contributed by atoms with Crippen LogP contribution in [0.4, 0.5) is 68.2 Å². The van der Waals surface area contributed by atoms with Crippen molar-refractivity contribution in [3.8, 4) is 0 Å². The molecule has 88 heavy (non-hydrogen) atoms. The number of benzene rings is 13. The van der Waals surface area contributed by atoms with Gasteiger partial charge in [-0.1, -0.05) is 186 Å². The first kappa shape index (κ1) is 49.7. The van der Waals surface area contributed by atoms with E-state index in [9.17, 15) is 0 Å². The first-order chi connectivity index (χ1) is 43.7. The molecule has 13 aromatic carbocycles. The van der Waals surface area contributed by atoms with Crippen molar-refractivity contribution in [1.29, 1.82) is 0 Å². The highest BCUT2D eigenvalue weighted by molar-refractivity contribution is 8.01. The summed E-state index contributed by atoms with van der Waals surface area (Å²) < 4.78 is 14.8. The van der Waals surface area contributed by atoms with Gasteiger partial charge >= 0.3 is 0 Å². The minimum atomic E-state index is -0.154. The summed E-state index contributed by atoms with van der Waals surface area (Å²) in [7, 11) is 0. The molecule has 15 aromatic rings. The summed E-state index contributed by atoms with van der Waals surface area (Å²) in [5, 5.41) is 4.36. The Bertz CT molecular complexity index is 5240. The Hall–Kier alpha value is -10.5. The summed E-state index contributed by atoms with van der Waals surface area (Å²) in [5.41, 5.74) is 24.2. The molecule has 4 aliphatic heterocycles. The topological polar surface area (TPSA) is 39.2 Å². The Labute approximate surface area is 517 Å². The van der Waals surface area contributed by atoms with E-state index in [-0.39, 0.29) is 13.4 Å². The Kier molecular flexibility index (Phi) is 11.0. The number of rotatable bonds is 8. The SMILES string of the molecule is c1ccc(N(c2ccccc2)c2ccc3c(c2)oc2c4c5c(cc23)Sc2cc3c(cc2B5c2ccccc2S4)B2c4ccccc4N(c4ccccc4)c4c2c(cc2c4oc4cc(N(c5ccccc5)c5ccccc5)ccc42)N3c2ccccc2)cc1. The Balaban J connectivity index is 0.844. The van der Waals surface area contributed by atoms with Gasteiger partial charge in [0.1, 0.15) is 16.7 Å². The molecule has 0 bridgehead atoms. The molecule has 0 radical (unpaired) electrons. The van der Waals surface area contributed by atoms with Crippen LogP contribution in [0.15, 0.2) is 320 Å². The molecule has 0 unspecified atom stereocenters. The molecular formula is C78H48B2N4O2S2. The summed E-state index contributed by atoms with van der Waals surface area (Å²) in [6.07, 6.45) is 0. The fourth-order valence-electron chi connectivity index (χ4n) is 14.6. The minimum Gasteiger partial charge on any atom is -0.455 e. The van der Waals surface area contributed by atoms with Crippen molar-refractivity contribution in [2.75, 3.05) is 19.6 Å². The maximum atomic E-state index is 7.52. The lowest BCUT2D eigenvalue weighted by atomic mass is 9.31. The van der Waals surface area contributed by atoms with Crippen molar-refractivity contribution >= 4 is 182 Å². The van der Waals surface area contributed by atoms with E-state index in [1.165, 1.54) is 58.0 Å². The van der Waals surface area contributed by atoms with Crippen LogP contribution in [0.5, 0.6) is 0 Å². The average Bonchev–Trinajstić information content (AvgIpc) is 1.12. The third-order valence-electron chi connectivity index (χ3n) is 18.3. The van der Waals surface area contributed by atoms with Gasteiger partial charge in [-0.05, 0) is 149 Å². The molecule has 0 fully saturated rings. The third-order valence-corrected chi connectivity index (χ3v) is 20.6. The molecular weight excluding hydrogens is 1110 g/mol. The number of fused-ring (bicyclic) bond motifs is 16. The van der Waals surface area contributed by atoms with Gasteiger partial charge in [-0.2, -0.15) is 0 Å². The van der Waals surface area contributed by atoms with Gasteiger partial charge in [0.25, 0.3) is 6.71 Å². The van der Waals surface area contributed by atoms with E-state index < -0.39 is 0 Å². The highest BCUT2D eigenvalue weighted by Gasteiger charge is 2.48. The van der Waals surface area contributed by atoms with E-state index in [4.69, 9.17) is 8.83 Å². The van der Waals surface area contributed by atoms with Gasteiger partial charge in [-0.15, -0.1) is 0 Å². The van der Waals surface area contributed by atoms with Crippen LogP contribution in [-0.4, -0.2) is 13.4 Å². The van der Waals surface area contributed by atoms with Crippen LogP contribution in [0.25, 0.3) is 43.9 Å². The fourth-order valence-corrected chi connectivity index (χ4v) is 17.1. The quantitative estimate of drug-likeness (QED) is 0.139. The lowest BCUT2D eigenvalue weighted by Crippen LogP contribution is -2.64. The molecule has 0 spiro atoms. The van der Waals surface area contributed by atoms with E-state index >= 15 is 0 Å². The zero-order chi connectivity index (χ0) is 57.6. The molecule has 6 nitrogen and oxygen atoms in total. The van der Waals surface area contributed by atoms with Crippen LogP contribution in [-0.2, 0) is 0 Å². The van der Waals surface area contributed by atoms with E-state index in [0.717, 1.165) is 106 Å². The molecule has 2 aromatic heterocycles. The second-order valence-corrected chi connectivity index (χ2v) is 25.2. The number of furan rings is 2. The van der Waals surface area contributed by atoms with Crippen LogP contribution in [0.2, 0.25) is 0 Å². The molecule has 19 rings (SSSR count). The molecule has 410 valence electrons. The van der Waals surface area contributed by atoms with Gasteiger partial charge in [0.15, 0.2) is 5.58 Å². The normalized spacial score (nSPS) is 13.3. The molecule has 0 saturated heterocycles. The number of hydrogen-bond acceptors (Lipinski definition) is 8. The number of para-hydroxylation sites is 7. The van der Waals surface area contributed by atoms with Gasteiger partial charge in [-0.25, -0.2) is 0 Å². The van der Waals surface area contributed by atoms with Gasteiger partial charge in [-0.3, -0.25) is 0 Å². The average molecular weight is 1160 g/mol. The maximum absolute atomic E-state index is 7.52. The zero-order valence-corrected chi connectivity index (χ0v) is 48.9. The minimum absolute atomic E-state index is 0.0482. The maximum Gasteiger partial charge on any atom is 0.252 e. The van der Waals surface area contributed by atoms with E-state index in [1.54, 1.807) is 0 Å². The smallest absolute Gasteiger partial charge is 0.252 e. The molecule has 0 atom stereocenters. The summed E-state index contributed by atoms with van der Waals surface area (Å²) in [5.74, 6) is 0. The molecule has 0 aliphatic carbocycles. The zero-order valence-electron chi connectivity index (χ0n) is 47.3. The first-order valence-electron chi connectivity index (χ1n) is 30.0. The van der Waals surface area contributed by atoms with Gasteiger partial charge < -0.3 is 28.4 Å². The Morgan fingerprint density at radius 1 is 0.295 bits per heavy atom. The number of anilines is 12. The summed E-state index contributed by atoms with van der Waals surface area (Å²) >= 11 is 3.76. The molecule has 0 N–H and O–H groups in total. The van der Waals surface area contributed by atoms with Crippen molar-refractivity contribution < 1.29 is 8.83 Å².